The lowest BCUT2D eigenvalue weighted by Gasteiger charge is -2.21. The minimum absolute atomic E-state index is 0.203. The lowest BCUT2D eigenvalue weighted by Crippen LogP contribution is -2.36. The van der Waals surface area contributed by atoms with Crippen LogP contribution in [-0.2, 0) is 13.1 Å². The van der Waals surface area contributed by atoms with E-state index in [1.54, 1.807) is 23.3 Å². The molecule has 1 aromatic carbocycles. The Labute approximate surface area is 180 Å². The average molecular weight is 428 g/mol. The largest absolute Gasteiger partial charge is 0.383 e. The van der Waals surface area contributed by atoms with Gasteiger partial charge in [0.05, 0.1) is 6.54 Å². The Balaban J connectivity index is 1.82. The highest BCUT2D eigenvalue weighted by Gasteiger charge is 2.17. The molecule has 0 saturated carbocycles. The van der Waals surface area contributed by atoms with E-state index in [9.17, 15) is 9.59 Å². The quantitative estimate of drug-likeness (QED) is 0.570. The summed E-state index contributed by atoms with van der Waals surface area (Å²) in [6.07, 6.45) is 3.56. The van der Waals surface area contributed by atoms with E-state index in [2.05, 4.69) is 48.1 Å². The van der Waals surface area contributed by atoms with Crippen LogP contribution in [0.4, 0.5) is 11.5 Å². The van der Waals surface area contributed by atoms with Crippen molar-refractivity contribution >= 4 is 22.8 Å². The van der Waals surface area contributed by atoms with Crippen LogP contribution in [0.25, 0.3) is 10.6 Å². The molecule has 2 heterocycles. The number of H-pyrrole nitrogens is 1. The Bertz CT molecular complexity index is 1110. The molecule has 30 heavy (non-hydrogen) atoms. The van der Waals surface area contributed by atoms with Crippen LogP contribution >= 0.6 is 11.3 Å². The van der Waals surface area contributed by atoms with E-state index in [1.807, 2.05) is 13.1 Å². The number of anilines is 2. The first-order valence-corrected chi connectivity index (χ1v) is 11.0. The highest BCUT2D eigenvalue weighted by molar-refractivity contribution is 7.15. The monoisotopic (exact) mass is 427 g/mol. The van der Waals surface area contributed by atoms with Gasteiger partial charge in [0.15, 0.2) is 0 Å². The molecular formula is C22H29N5O2S. The number of benzene rings is 1. The fraction of sp³-hybridized carbons (Fsp3) is 0.409. The molecule has 3 aromatic rings. The van der Waals surface area contributed by atoms with E-state index in [0.717, 1.165) is 28.3 Å². The molecule has 0 bridgehead atoms. The van der Waals surface area contributed by atoms with Crippen LogP contribution in [-0.4, -0.2) is 21.6 Å². The summed E-state index contributed by atoms with van der Waals surface area (Å²) in [5.41, 5.74) is 7.94. The molecule has 0 aliphatic heterocycles. The zero-order valence-electron chi connectivity index (χ0n) is 17.9. The predicted octanol–water partition coefficient (Wildman–Crippen LogP) is 3.80. The van der Waals surface area contributed by atoms with Crippen molar-refractivity contribution in [3.63, 3.8) is 0 Å². The number of thiazole rings is 1. The Kier molecular flexibility index (Phi) is 6.77. The highest BCUT2D eigenvalue weighted by atomic mass is 32.1. The van der Waals surface area contributed by atoms with Crippen LogP contribution in [0, 0.1) is 0 Å². The van der Waals surface area contributed by atoms with Crippen molar-refractivity contribution in [2.75, 3.05) is 17.7 Å². The summed E-state index contributed by atoms with van der Waals surface area (Å²) < 4.78 is 1.44. The Morgan fingerprint density at radius 1 is 1.23 bits per heavy atom. The van der Waals surface area contributed by atoms with E-state index in [0.29, 0.717) is 24.7 Å². The summed E-state index contributed by atoms with van der Waals surface area (Å²) in [6, 6.07) is 8.45. The van der Waals surface area contributed by atoms with Crippen molar-refractivity contribution in [2.45, 2.75) is 52.6 Å². The van der Waals surface area contributed by atoms with Gasteiger partial charge < -0.3 is 10.6 Å². The highest BCUT2D eigenvalue weighted by Crippen LogP contribution is 2.28. The van der Waals surface area contributed by atoms with Crippen molar-refractivity contribution in [3.05, 3.63) is 61.7 Å². The minimum atomic E-state index is -0.471. The van der Waals surface area contributed by atoms with Crippen LogP contribution < -0.4 is 21.9 Å². The van der Waals surface area contributed by atoms with Crippen LogP contribution in [0.15, 0.2) is 40.1 Å². The molecular weight excluding hydrogens is 398 g/mol. The first kappa shape index (κ1) is 21.8. The number of aromatic nitrogens is 3. The summed E-state index contributed by atoms with van der Waals surface area (Å²) in [5, 5.41) is 0.934. The van der Waals surface area contributed by atoms with E-state index < -0.39 is 11.2 Å². The molecule has 0 unspecified atom stereocenters. The molecule has 2 aromatic heterocycles. The number of nitrogen functional groups attached to an aromatic ring is 1. The third-order valence-electron chi connectivity index (χ3n) is 5.10. The first-order valence-electron chi connectivity index (χ1n) is 10.2. The van der Waals surface area contributed by atoms with Gasteiger partial charge in [0.25, 0.3) is 5.56 Å². The lowest BCUT2D eigenvalue weighted by atomic mass is 10.0. The maximum atomic E-state index is 12.4. The molecule has 7 nitrogen and oxygen atoms in total. The Morgan fingerprint density at radius 3 is 2.57 bits per heavy atom. The predicted molar refractivity (Wildman–Crippen MR) is 124 cm³/mol. The minimum Gasteiger partial charge on any atom is -0.383 e. The van der Waals surface area contributed by atoms with E-state index >= 15 is 0 Å². The van der Waals surface area contributed by atoms with E-state index in [1.165, 1.54) is 10.1 Å². The van der Waals surface area contributed by atoms with Crippen molar-refractivity contribution < 1.29 is 0 Å². The molecule has 0 amide bonds. The lowest BCUT2D eigenvalue weighted by molar-refractivity contribution is 0.603. The van der Waals surface area contributed by atoms with Gasteiger partial charge in [-0.15, -0.1) is 11.3 Å². The molecule has 0 atom stereocenters. The van der Waals surface area contributed by atoms with Gasteiger partial charge in [-0.1, -0.05) is 51.5 Å². The van der Waals surface area contributed by atoms with Crippen LogP contribution in [0.3, 0.4) is 0 Å². The summed E-state index contributed by atoms with van der Waals surface area (Å²) in [5.74, 6) is 0.692. The third-order valence-corrected chi connectivity index (χ3v) is 6.13. The molecule has 0 aliphatic rings. The summed E-state index contributed by atoms with van der Waals surface area (Å²) >= 11 is 1.58. The van der Waals surface area contributed by atoms with Crippen LogP contribution in [0.2, 0.25) is 0 Å². The van der Waals surface area contributed by atoms with Gasteiger partial charge in [-0.05, 0) is 17.9 Å². The maximum Gasteiger partial charge on any atom is 0.330 e. The summed E-state index contributed by atoms with van der Waals surface area (Å²) in [4.78, 5) is 34.3. The summed E-state index contributed by atoms with van der Waals surface area (Å²) in [7, 11) is 1.80. The molecule has 0 saturated heterocycles. The zero-order chi connectivity index (χ0) is 21.8. The third kappa shape index (κ3) is 4.64. The first-order chi connectivity index (χ1) is 14.3. The average Bonchev–Trinajstić information content (AvgIpc) is 3.16. The topological polar surface area (TPSA) is 97.0 Å². The second-order valence-corrected chi connectivity index (χ2v) is 8.88. The number of nitrogens with one attached hydrogen (secondary N) is 1. The fourth-order valence-electron chi connectivity index (χ4n) is 3.32. The number of rotatable bonds is 8. The van der Waals surface area contributed by atoms with Gasteiger partial charge in [-0.3, -0.25) is 14.3 Å². The molecule has 0 spiro atoms. The molecule has 3 rings (SSSR count). The van der Waals surface area contributed by atoms with Crippen molar-refractivity contribution in [1.82, 2.24) is 14.5 Å². The maximum absolute atomic E-state index is 12.4. The molecule has 3 N–H and O–H groups in total. The second-order valence-electron chi connectivity index (χ2n) is 7.76. The number of hydrogen-bond acceptors (Lipinski definition) is 6. The van der Waals surface area contributed by atoms with Gasteiger partial charge in [0, 0.05) is 30.2 Å². The number of nitrogens with two attached hydrogens (primary N) is 1. The zero-order valence-corrected chi connectivity index (χ0v) is 18.8. The van der Waals surface area contributed by atoms with Gasteiger partial charge in [-0.2, -0.15) is 0 Å². The van der Waals surface area contributed by atoms with Gasteiger partial charge in [-0.25, -0.2) is 9.78 Å². The fourth-order valence-corrected chi connectivity index (χ4v) is 4.29. The normalized spacial score (nSPS) is 11.2. The SMILES string of the molecule is CCCCn1c(N)c(N(C)Cc2cnc(-c3ccc(C(C)C)cc3)s2)c(=O)[nH]c1=O. The summed E-state index contributed by atoms with van der Waals surface area (Å²) in [6.45, 7) is 7.34. The number of unbranched alkanes of at least 4 members (excludes halogenated alkanes) is 1. The molecule has 8 heteroatoms. The Morgan fingerprint density at radius 2 is 1.93 bits per heavy atom. The second kappa shape index (κ2) is 9.30. The number of nitrogens with zero attached hydrogens (tertiary/aromatic N) is 3. The Hall–Kier alpha value is -2.87. The standard InChI is InChI=1S/C22H29N5O2S/c1-5-6-11-27-19(23)18(20(28)25-22(27)29)26(4)13-17-12-24-21(30-17)16-9-7-15(8-10-16)14(2)3/h7-10,12,14H,5-6,11,13,23H2,1-4H3,(H,25,28,29). The van der Waals surface area contributed by atoms with Gasteiger partial charge >= 0.3 is 5.69 Å². The molecule has 0 fully saturated rings. The van der Waals surface area contributed by atoms with Crippen molar-refractivity contribution in [2.24, 2.45) is 0 Å². The van der Waals surface area contributed by atoms with Crippen LogP contribution in [0.5, 0.6) is 0 Å². The molecule has 160 valence electrons. The van der Waals surface area contributed by atoms with Crippen molar-refractivity contribution in [3.8, 4) is 10.6 Å². The number of aromatic amines is 1. The van der Waals surface area contributed by atoms with E-state index in [4.69, 9.17) is 5.73 Å². The van der Waals surface area contributed by atoms with Crippen molar-refractivity contribution in [1.29, 1.82) is 0 Å². The van der Waals surface area contributed by atoms with Gasteiger partial charge in [0.1, 0.15) is 16.5 Å². The molecule has 0 aliphatic carbocycles. The van der Waals surface area contributed by atoms with Crippen LogP contribution in [0.1, 0.15) is 50.0 Å². The smallest absolute Gasteiger partial charge is 0.330 e. The number of hydrogen-bond donors (Lipinski definition) is 2. The van der Waals surface area contributed by atoms with Gasteiger partial charge in [0.2, 0.25) is 0 Å². The van der Waals surface area contributed by atoms with E-state index in [-0.39, 0.29) is 5.82 Å². The molecule has 0 radical (unpaired) electrons.